The molecule has 3 rings (SSSR count). The molecule has 0 saturated heterocycles. The average Bonchev–Trinajstić information content (AvgIpc) is 2.64. The molecule has 3 aromatic rings. The number of rotatable bonds is 6. The van der Waals surface area contributed by atoms with Gasteiger partial charge >= 0.3 is 0 Å². The minimum absolute atomic E-state index is 0.0405. The molecule has 0 aliphatic heterocycles. The zero-order valence-electron chi connectivity index (χ0n) is 13.9. The Labute approximate surface area is 155 Å². The van der Waals surface area contributed by atoms with Crippen LogP contribution in [0.3, 0.4) is 0 Å². The molecule has 0 bridgehead atoms. The molecule has 0 atom stereocenters. The van der Waals surface area contributed by atoms with E-state index < -0.39 is 15.8 Å². The van der Waals surface area contributed by atoms with Crippen LogP contribution in [0.25, 0.3) is 0 Å². The van der Waals surface area contributed by atoms with Crippen LogP contribution in [-0.2, 0) is 10.0 Å². The Kier molecular flexibility index (Phi) is 5.04. The molecule has 0 aliphatic carbocycles. The predicted molar refractivity (Wildman–Crippen MR) is 99.0 cm³/mol. The van der Waals surface area contributed by atoms with E-state index in [4.69, 9.17) is 15.9 Å². The smallest absolute Gasteiger partial charge is 0.262 e. The molecular formula is C18H15FN4O3S. The van der Waals surface area contributed by atoms with Gasteiger partial charge in [-0.15, -0.1) is 0 Å². The first-order valence-corrected chi connectivity index (χ1v) is 9.19. The second kappa shape index (κ2) is 7.42. The summed E-state index contributed by atoms with van der Waals surface area (Å²) in [5, 5.41) is 7.38. The van der Waals surface area contributed by atoms with Crippen molar-refractivity contribution in [2.45, 2.75) is 4.90 Å². The van der Waals surface area contributed by atoms with Crippen molar-refractivity contribution in [2.24, 2.45) is 5.73 Å². The maximum Gasteiger partial charge on any atom is 0.262 e. The van der Waals surface area contributed by atoms with E-state index in [9.17, 15) is 12.8 Å². The van der Waals surface area contributed by atoms with Crippen LogP contribution in [0.2, 0.25) is 0 Å². The highest BCUT2D eigenvalue weighted by molar-refractivity contribution is 7.92. The molecule has 7 nitrogen and oxygen atoms in total. The first-order chi connectivity index (χ1) is 12.8. The number of benzene rings is 2. The minimum atomic E-state index is -3.94. The Balaban J connectivity index is 1.85. The van der Waals surface area contributed by atoms with Crippen LogP contribution in [-0.4, -0.2) is 19.2 Å². The number of aromatic nitrogens is 1. The van der Waals surface area contributed by atoms with Gasteiger partial charge in [0.2, 0.25) is 5.88 Å². The number of nitrogens with one attached hydrogen (secondary N) is 2. The minimum Gasteiger partial charge on any atom is -0.437 e. The Morgan fingerprint density at radius 2 is 1.74 bits per heavy atom. The van der Waals surface area contributed by atoms with E-state index in [2.05, 4.69) is 9.71 Å². The van der Waals surface area contributed by atoms with Crippen LogP contribution in [0.15, 0.2) is 71.8 Å². The molecule has 4 N–H and O–H groups in total. The maximum absolute atomic E-state index is 13.0. The van der Waals surface area contributed by atoms with Crippen LogP contribution < -0.4 is 15.2 Å². The summed E-state index contributed by atoms with van der Waals surface area (Å²) < 4.78 is 46.0. The number of nitrogen functional groups attached to an aromatic ring is 1. The van der Waals surface area contributed by atoms with Crippen molar-refractivity contribution in [1.82, 2.24) is 4.98 Å². The third-order valence-corrected chi connectivity index (χ3v) is 4.90. The number of sulfonamides is 1. The number of pyridine rings is 1. The van der Waals surface area contributed by atoms with Crippen LogP contribution in [0, 0.1) is 11.2 Å². The van der Waals surface area contributed by atoms with Crippen molar-refractivity contribution in [3.05, 3.63) is 78.2 Å². The highest BCUT2D eigenvalue weighted by Gasteiger charge is 2.17. The molecule has 27 heavy (non-hydrogen) atoms. The topological polar surface area (TPSA) is 118 Å². The third-order valence-electron chi connectivity index (χ3n) is 3.52. The molecule has 138 valence electrons. The number of anilines is 1. The molecule has 0 saturated carbocycles. The van der Waals surface area contributed by atoms with Gasteiger partial charge in [0, 0.05) is 11.8 Å². The van der Waals surface area contributed by atoms with Crippen molar-refractivity contribution >= 4 is 21.5 Å². The lowest BCUT2D eigenvalue weighted by Gasteiger charge is -2.12. The summed E-state index contributed by atoms with van der Waals surface area (Å²) >= 11 is 0. The average molecular weight is 386 g/mol. The van der Waals surface area contributed by atoms with E-state index in [-0.39, 0.29) is 22.3 Å². The Hall–Kier alpha value is -3.46. The largest absolute Gasteiger partial charge is 0.437 e. The second-order valence-electron chi connectivity index (χ2n) is 5.46. The third kappa shape index (κ3) is 4.39. The molecule has 2 aromatic carbocycles. The van der Waals surface area contributed by atoms with Crippen LogP contribution in [0.1, 0.15) is 5.56 Å². The molecule has 9 heteroatoms. The number of nitrogens with zero attached hydrogens (tertiary/aromatic N) is 1. The van der Waals surface area contributed by atoms with Crippen LogP contribution in [0.5, 0.6) is 11.6 Å². The van der Waals surface area contributed by atoms with E-state index in [1.165, 1.54) is 12.3 Å². The Bertz CT molecular complexity index is 1070. The van der Waals surface area contributed by atoms with Gasteiger partial charge in [0.05, 0.1) is 4.90 Å². The first-order valence-electron chi connectivity index (χ1n) is 7.71. The summed E-state index contributed by atoms with van der Waals surface area (Å²) in [6.45, 7) is 0. The fourth-order valence-electron chi connectivity index (χ4n) is 2.18. The molecule has 0 fully saturated rings. The van der Waals surface area contributed by atoms with Gasteiger partial charge in [0.15, 0.2) is 0 Å². The standard InChI is InChI=1S/C18H15FN4O3S/c19-13-5-9-15(10-6-13)27(24,25)23-16-2-1-11-22-18(16)26-14-7-3-12(4-8-14)17(20)21/h1-11,23H,(H3,20,21). The Morgan fingerprint density at radius 3 is 2.37 bits per heavy atom. The van der Waals surface area contributed by atoms with E-state index >= 15 is 0 Å². The quantitative estimate of drug-likeness (QED) is 0.444. The fraction of sp³-hybridized carbons (Fsp3) is 0. The number of nitrogens with two attached hydrogens (primary N) is 1. The molecule has 0 aliphatic rings. The lowest BCUT2D eigenvalue weighted by atomic mass is 10.2. The van der Waals surface area contributed by atoms with Gasteiger partial charge in [-0.25, -0.2) is 17.8 Å². The van der Waals surface area contributed by atoms with E-state index in [1.54, 1.807) is 30.3 Å². The summed E-state index contributed by atoms with van der Waals surface area (Å²) in [4.78, 5) is 3.95. The lowest BCUT2D eigenvalue weighted by Crippen LogP contribution is -2.14. The zero-order chi connectivity index (χ0) is 19.4. The van der Waals surface area contributed by atoms with E-state index in [0.717, 1.165) is 24.3 Å². The van der Waals surface area contributed by atoms with Crippen molar-refractivity contribution in [1.29, 1.82) is 5.41 Å². The summed E-state index contributed by atoms with van der Waals surface area (Å²) in [5.74, 6) is -0.180. The normalized spacial score (nSPS) is 11.0. The van der Waals surface area contributed by atoms with Gasteiger partial charge in [-0.3, -0.25) is 10.1 Å². The summed E-state index contributed by atoms with van der Waals surface area (Å²) in [5.41, 5.74) is 6.06. The van der Waals surface area contributed by atoms with Crippen molar-refractivity contribution in [3.8, 4) is 11.6 Å². The number of hydrogen-bond donors (Lipinski definition) is 3. The van der Waals surface area contributed by atoms with Gasteiger partial charge in [-0.05, 0) is 60.7 Å². The molecule has 0 unspecified atom stereocenters. The Morgan fingerprint density at radius 1 is 1.07 bits per heavy atom. The fourth-order valence-corrected chi connectivity index (χ4v) is 3.24. The van der Waals surface area contributed by atoms with Gasteiger partial charge in [-0.2, -0.15) is 0 Å². The SMILES string of the molecule is N=C(N)c1ccc(Oc2ncccc2NS(=O)(=O)c2ccc(F)cc2)cc1. The number of ether oxygens (including phenoxy) is 1. The summed E-state index contributed by atoms with van der Waals surface area (Å²) in [6.07, 6.45) is 1.45. The predicted octanol–water partition coefficient (Wildman–Crippen LogP) is 3.10. The lowest BCUT2D eigenvalue weighted by molar-refractivity contribution is 0.465. The molecule has 0 spiro atoms. The van der Waals surface area contributed by atoms with Gasteiger partial charge in [-0.1, -0.05) is 0 Å². The van der Waals surface area contributed by atoms with Gasteiger partial charge < -0.3 is 10.5 Å². The summed E-state index contributed by atoms with van der Waals surface area (Å²) in [6, 6.07) is 13.9. The highest BCUT2D eigenvalue weighted by Crippen LogP contribution is 2.29. The zero-order valence-corrected chi connectivity index (χ0v) is 14.7. The monoisotopic (exact) mass is 386 g/mol. The van der Waals surface area contributed by atoms with Gasteiger partial charge in [0.1, 0.15) is 23.1 Å². The molecular weight excluding hydrogens is 371 g/mol. The number of amidine groups is 1. The molecule has 0 amide bonds. The van der Waals surface area contributed by atoms with E-state index in [1.807, 2.05) is 0 Å². The number of hydrogen-bond acceptors (Lipinski definition) is 5. The molecule has 0 radical (unpaired) electrons. The van der Waals surface area contributed by atoms with Crippen LogP contribution in [0.4, 0.5) is 10.1 Å². The van der Waals surface area contributed by atoms with Crippen molar-refractivity contribution in [3.63, 3.8) is 0 Å². The highest BCUT2D eigenvalue weighted by atomic mass is 32.2. The molecule has 1 aromatic heterocycles. The van der Waals surface area contributed by atoms with E-state index in [0.29, 0.717) is 11.3 Å². The first kappa shape index (κ1) is 18.3. The number of halogens is 1. The summed E-state index contributed by atoms with van der Waals surface area (Å²) in [7, 11) is -3.94. The molecule has 1 heterocycles. The van der Waals surface area contributed by atoms with Crippen molar-refractivity contribution < 1.29 is 17.5 Å². The second-order valence-corrected chi connectivity index (χ2v) is 7.14. The van der Waals surface area contributed by atoms with Crippen molar-refractivity contribution in [2.75, 3.05) is 4.72 Å². The van der Waals surface area contributed by atoms with Gasteiger partial charge in [0.25, 0.3) is 10.0 Å². The van der Waals surface area contributed by atoms with Crippen LogP contribution >= 0.6 is 0 Å². The maximum atomic E-state index is 13.0.